The van der Waals surface area contributed by atoms with E-state index in [2.05, 4.69) is 6.58 Å². The van der Waals surface area contributed by atoms with E-state index < -0.39 is 5.79 Å². The fraction of sp³-hybridized carbons (Fsp3) is 0.444. The van der Waals surface area contributed by atoms with Crippen molar-refractivity contribution in [2.24, 2.45) is 0 Å². The number of carbonyl (C=O) groups is 1. The number of ether oxygens (including phenoxy) is 2. The summed E-state index contributed by atoms with van der Waals surface area (Å²) >= 11 is 0. The van der Waals surface area contributed by atoms with Crippen LogP contribution in [-0.4, -0.2) is 18.2 Å². The Bertz CT molecular complexity index is 259. The monoisotopic (exact) mass is 166 g/mol. The van der Waals surface area contributed by atoms with Crippen LogP contribution < -0.4 is 0 Å². The minimum atomic E-state index is -1.02. The molecule has 1 atom stereocenters. The number of hydrogen-bond acceptors (Lipinski definition) is 3. The zero-order valence-electron chi connectivity index (χ0n) is 6.71. The highest BCUT2D eigenvalue weighted by Crippen LogP contribution is 2.33. The van der Waals surface area contributed by atoms with Crippen LogP contribution in [0.4, 0.5) is 0 Å². The number of hydrogen-bond donors (Lipinski definition) is 0. The number of ketones is 1. The van der Waals surface area contributed by atoms with Gasteiger partial charge in [-0.1, -0.05) is 6.58 Å². The molecule has 1 fully saturated rings. The van der Waals surface area contributed by atoms with Crippen molar-refractivity contribution in [1.82, 2.24) is 0 Å². The van der Waals surface area contributed by atoms with Crippen LogP contribution in [0.1, 0.15) is 12.8 Å². The average molecular weight is 166 g/mol. The zero-order valence-corrected chi connectivity index (χ0v) is 6.71. The fourth-order valence-electron chi connectivity index (χ4n) is 1.48. The van der Waals surface area contributed by atoms with Gasteiger partial charge >= 0.3 is 0 Å². The first kappa shape index (κ1) is 7.55. The molecule has 1 unspecified atom stereocenters. The molecule has 2 aliphatic rings. The maximum absolute atomic E-state index is 11.4. The standard InChI is InChI=1S/C9H10O3/c1-7-3-4-8(10)9(12-7)5-2-6-11-9/h3-4H,1-2,5-6H2. The first-order valence-electron chi connectivity index (χ1n) is 3.97. The molecule has 12 heavy (non-hydrogen) atoms. The Kier molecular flexibility index (Phi) is 1.54. The Morgan fingerprint density at radius 2 is 2.33 bits per heavy atom. The molecule has 0 aromatic carbocycles. The van der Waals surface area contributed by atoms with Crippen molar-refractivity contribution in [2.45, 2.75) is 18.6 Å². The van der Waals surface area contributed by atoms with Crippen LogP contribution in [0.3, 0.4) is 0 Å². The molecule has 1 spiro atoms. The van der Waals surface area contributed by atoms with Gasteiger partial charge in [0.15, 0.2) is 0 Å². The van der Waals surface area contributed by atoms with Crippen molar-refractivity contribution in [1.29, 1.82) is 0 Å². The molecule has 0 saturated carbocycles. The molecule has 0 aliphatic carbocycles. The van der Waals surface area contributed by atoms with E-state index in [4.69, 9.17) is 9.47 Å². The summed E-state index contributed by atoms with van der Waals surface area (Å²) in [6.45, 7) is 4.22. The van der Waals surface area contributed by atoms with Gasteiger partial charge in [-0.15, -0.1) is 0 Å². The Morgan fingerprint density at radius 3 is 3.00 bits per heavy atom. The van der Waals surface area contributed by atoms with Gasteiger partial charge in [-0.05, 0) is 18.6 Å². The summed E-state index contributed by atoms with van der Waals surface area (Å²) in [5, 5.41) is 0. The molecule has 3 heteroatoms. The van der Waals surface area contributed by atoms with Crippen molar-refractivity contribution >= 4 is 5.78 Å². The lowest BCUT2D eigenvalue weighted by Crippen LogP contribution is -2.41. The van der Waals surface area contributed by atoms with Gasteiger partial charge in [0, 0.05) is 6.42 Å². The van der Waals surface area contributed by atoms with E-state index in [1.165, 1.54) is 6.08 Å². The summed E-state index contributed by atoms with van der Waals surface area (Å²) in [6.07, 6.45) is 4.54. The Labute approximate surface area is 70.7 Å². The lowest BCUT2D eigenvalue weighted by atomic mass is 10.1. The Hall–Kier alpha value is -1.09. The molecule has 1 saturated heterocycles. The van der Waals surface area contributed by atoms with E-state index in [1.54, 1.807) is 6.08 Å². The summed E-state index contributed by atoms with van der Waals surface area (Å²) < 4.78 is 10.6. The van der Waals surface area contributed by atoms with E-state index >= 15 is 0 Å². The van der Waals surface area contributed by atoms with Crippen LogP contribution in [0.25, 0.3) is 0 Å². The van der Waals surface area contributed by atoms with E-state index in [9.17, 15) is 4.79 Å². The molecular weight excluding hydrogens is 156 g/mol. The summed E-state index contributed by atoms with van der Waals surface area (Å²) in [7, 11) is 0. The van der Waals surface area contributed by atoms with Crippen molar-refractivity contribution in [3.05, 3.63) is 24.5 Å². The number of allylic oxidation sites excluding steroid dienone is 1. The third kappa shape index (κ3) is 0.975. The molecule has 0 aromatic rings. The molecule has 2 aliphatic heterocycles. The van der Waals surface area contributed by atoms with Gasteiger partial charge < -0.3 is 9.47 Å². The molecule has 0 N–H and O–H groups in total. The Balaban J connectivity index is 2.30. The number of rotatable bonds is 0. The van der Waals surface area contributed by atoms with Gasteiger partial charge in [-0.25, -0.2) is 0 Å². The van der Waals surface area contributed by atoms with Crippen LogP contribution >= 0.6 is 0 Å². The van der Waals surface area contributed by atoms with Gasteiger partial charge in [0.25, 0.3) is 5.79 Å². The van der Waals surface area contributed by atoms with Gasteiger partial charge in [-0.2, -0.15) is 0 Å². The van der Waals surface area contributed by atoms with Crippen LogP contribution in [0.15, 0.2) is 24.5 Å². The maximum atomic E-state index is 11.4. The van der Waals surface area contributed by atoms with Gasteiger partial charge in [-0.3, -0.25) is 4.79 Å². The highest BCUT2D eigenvalue weighted by Gasteiger charge is 2.45. The average Bonchev–Trinajstić information content (AvgIpc) is 2.48. The third-order valence-corrected chi connectivity index (χ3v) is 2.08. The molecule has 0 aromatic heterocycles. The van der Waals surface area contributed by atoms with Crippen molar-refractivity contribution < 1.29 is 14.3 Å². The third-order valence-electron chi connectivity index (χ3n) is 2.08. The van der Waals surface area contributed by atoms with Gasteiger partial charge in [0.1, 0.15) is 5.76 Å². The molecule has 2 rings (SSSR count). The topological polar surface area (TPSA) is 35.5 Å². The second kappa shape index (κ2) is 2.45. The predicted octanol–water partition coefficient (Wildman–Crippen LogP) is 1.16. The molecule has 2 heterocycles. The van der Waals surface area contributed by atoms with Crippen LogP contribution in [0.5, 0.6) is 0 Å². The van der Waals surface area contributed by atoms with Crippen molar-refractivity contribution in [2.75, 3.05) is 6.61 Å². The molecule has 3 nitrogen and oxygen atoms in total. The highest BCUT2D eigenvalue weighted by molar-refractivity contribution is 5.97. The number of carbonyl (C=O) groups excluding carboxylic acids is 1. The molecule has 0 bridgehead atoms. The summed E-state index contributed by atoms with van der Waals surface area (Å²) in [5.74, 6) is -0.629. The van der Waals surface area contributed by atoms with E-state index in [-0.39, 0.29) is 5.78 Å². The minimum Gasteiger partial charge on any atom is -0.455 e. The highest BCUT2D eigenvalue weighted by atomic mass is 16.7. The SMILES string of the molecule is C=C1C=CC(=O)C2(CCCO2)O1. The van der Waals surface area contributed by atoms with Crippen LogP contribution in [0.2, 0.25) is 0 Å². The van der Waals surface area contributed by atoms with Gasteiger partial charge in [0.2, 0.25) is 5.78 Å². The fourth-order valence-corrected chi connectivity index (χ4v) is 1.48. The largest absolute Gasteiger partial charge is 0.455 e. The maximum Gasteiger partial charge on any atom is 0.274 e. The molecule has 0 radical (unpaired) electrons. The quantitative estimate of drug-likeness (QED) is 0.541. The first-order valence-corrected chi connectivity index (χ1v) is 3.97. The van der Waals surface area contributed by atoms with E-state index in [1.807, 2.05) is 0 Å². The molecule has 64 valence electrons. The summed E-state index contributed by atoms with van der Waals surface area (Å²) in [5.41, 5.74) is 0. The summed E-state index contributed by atoms with van der Waals surface area (Å²) in [6, 6.07) is 0. The molecular formula is C9H10O3. The smallest absolute Gasteiger partial charge is 0.274 e. The lowest BCUT2D eigenvalue weighted by molar-refractivity contribution is -0.190. The second-order valence-corrected chi connectivity index (χ2v) is 2.97. The molecule has 0 amide bonds. The van der Waals surface area contributed by atoms with Crippen molar-refractivity contribution in [3.63, 3.8) is 0 Å². The normalized spacial score (nSPS) is 34.3. The Morgan fingerprint density at radius 1 is 1.50 bits per heavy atom. The van der Waals surface area contributed by atoms with Crippen molar-refractivity contribution in [3.8, 4) is 0 Å². The summed E-state index contributed by atoms with van der Waals surface area (Å²) in [4.78, 5) is 11.4. The van der Waals surface area contributed by atoms with E-state index in [0.29, 0.717) is 18.8 Å². The first-order chi connectivity index (χ1) is 5.73. The van der Waals surface area contributed by atoms with Gasteiger partial charge in [0.05, 0.1) is 6.61 Å². The van der Waals surface area contributed by atoms with Crippen LogP contribution in [0, 0.1) is 0 Å². The zero-order chi connectivity index (χ0) is 8.60. The minimum absolute atomic E-state index is 0.104. The predicted molar refractivity (Wildman–Crippen MR) is 42.3 cm³/mol. The van der Waals surface area contributed by atoms with Crippen LogP contribution in [-0.2, 0) is 14.3 Å². The van der Waals surface area contributed by atoms with E-state index in [0.717, 1.165) is 6.42 Å². The second-order valence-electron chi connectivity index (χ2n) is 2.97. The lowest BCUT2D eigenvalue weighted by Gasteiger charge is -2.29.